The lowest BCUT2D eigenvalue weighted by atomic mass is 10.1. The number of nitrogens with zero attached hydrogens (tertiary/aromatic N) is 2. The lowest BCUT2D eigenvalue weighted by Gasteiger charge is -2.21. The zero-order chi connectivity index (χ0) is 20.2. The molecule has 27 heavy (non-hydrogen) atoms. The van der Waals surface area contributed by atoms with E-state index >= 15 is 0 Å². The zero-order valence-corrected chi connectivity index (χ0v) is 16.6. The first-order valence-electron chi connectivity index (χ1n) is 9.23. The molecule has 0 heterocycles. The lowest BCUT2D eigenvalue weighted by molar-refractivity contribution is -0.236. The minimum absolute atomic E-state index is 0.0857. The number of unbranched alkanes of at least 4 members (excludes halogenated alkanes) is 1. The second-order valence-corrected chi connectivity index (χ2v) is 6.77. The third-order valence-corrected chi connectivity index (χ3v) is 4.28. The number of benzene rings is 1. The second kappa shape index (κ2) is 11.9. The first kappa shape index (κ1) is 22.5. The Labute approximate surface area is 161 Å². The van der Waals surface area contributed by atoms with E-state index in [1.807, 2.05) is 44.2 Å². The van der Waals surface area contributed by atoms with Crippen molar-refractivity contribution < 1.29 is 24.2 Å². The third kappa shape index (κ3) is 9.08. The molecule has 150 valence electrons. The molecule has 0 atom stereocenters. The van der Waals surface area contributed by atoms with E-state index in [0.717, 1.165) is 5.56 Å². The van der Waals surface area contributed by atoms with Crippen molar-refractivity contribution in [2.24, 2.45) is 0 Å². The van der Waals surface area contributed by atoms with E-state index in [2.05, 4.69) is 9.78 Å². The minimum Gasteiger partial charge on any atom is -0.343 e. The molecule has 1 aromatic rings. The van der Waals surface area contributed by atoms with Crippen molar-refractivity contribution in [3.05, 3.63) is 35.9 Å². The summed E-state index contributed by atoms with van der Waals surface area (Å²) in [6.45, 7) is 4.34. The topological polar surface area (TPSA) is 76.2 Å². The summed E-state index contributed by atoms with van der Waals surface area (Å²) < 4.78 is 0. The molecule has 0 saturated heterocycles. The van der Waals surface area contributed by atoms with E-state index in [1.54, 1.807) is 19.0 Å². The predicted molar refractivity (Wildman–Crippen MR) is 102 cm³/mol. The molecule has 0 N–H and O–H groups in total. The van der Waals surface area contributed by atoms with Crippen molar-refractivity contribution in [3.8, 4) is 0 Å². The molecule has 0 spiro atoms. The molecule has 1 rings (SSSR count). The Hall–Kier alpha value is -2.57. The second-order valence-electron chi connectivity index (χ2n) is 6.77. The molecule has 0 bridgehead atoms. The smallest absolute Gasteiger partial charge is 0.343 e. The van der Waals surface area contributed by atoms with Gasteiger partial charge in [0.1, 0.15) is 0 Å². The van der Waals surface area contributed by atoms with E-state index in [0.29, 0.717) is 32.2 Å². The number of carbonyl (C=O) groups is 3. The maximum Gasteiger partial charge on any atom is 0.452 e. The van der Waals surface area contributed by atoms with Crippen LogP contribution in [0.1, 0.15) is 45.1 Å². The Morgan fingerprint density at radius 1 is 0.963 bits per heavy atom. The van der Waals surface area contributed by atoms with Gasteiger partial charge in [-0.1, -0.05) is 30.3 Å². The summed E-state index contributed by atoms with van der Waals surface area (Å²) >= 11 is 0. The Morgan fingerprint density at radius 3 is 2.26 bits per heavy atom. The normalized spacial score (nSPS) is 10.4. The van der Waals surface area contributed by atoms with E-state index in [9.17, 15) is 14.4 Å². The van der Waals surface area contributed by atoms with Gasteiger partial charge in [-0.3, -0.25) is 4.79 Å². The van der Waals surface area contributed by atoms with Crippen LogP contribution >= 0.6 is 0 Å². The molecule has 0 aliphatic rings. The Bertz CT molecular complexity index is 604. The minimum atomic E-state index is -0.728. The summed E-state index contributed by atoms with van der Waals surface area (Å²) in [6, 6.07) is 9.69. The maximum atomic E-state index is 11.9. The van der Waals surface area contributed by atoms with Crippen LogP contribution in [0.15, 0.2) is 30.3 Å². The van der Waals surface area contributed by atoms with E-state index in [1.165, 1.54) is 4.90 Å². The van der Waals surface area contributed by atoms with Crippen LogP contribution in [0.3, 0.4) is 0 Å². The molecule has 0 unspecified atom stereocenters. The highest BCUT2D eigenvalue weighted by Crippen LogP contribution is 2.06. The van der Waals surface area contributed by atoms with Crippen molar-refractivity contribution in [2.45, 2.75) is 52.0 Å². The van der Waals surface area contributed by atoms with Gasteiger partial charge in [0.05, 0.1) is 6.42 Å². The van der Waals surface area contributed by atoms with Gasteiger partial charge in [-0.15, -0.1) is 0 Å². The molecule has 2 amide bonds. The van der Waals surface area contributed by atoms with Crippen LogP contribution in [0.2, 0.25) is 0 Å². The monoisotopic (exact) mass is 378 g/mol. The SMILES string of the molecule is CC(C)N(C)C(=O)CCCCN(C)C(=O)OOC(=O)CCc1ccccc1. The van der Waals surface area contributed by atoms with Crippen LogP contribution < -0.4 is 0 Å². The van der Waals surface area contributed by atoms with Gasteiger partial charge in [-0.05, 0) is 38.7 Å². The molecule has 0 aliphatic carbocycles. The van der Waals surface area contributed by atoms with Gasteiger partial charge in [-0.25, -0.2) is 19.4 Å². The fraction of sp³-hybridized carbons (Fsp3) is 0.550. The molecule has 0 saturated carbocycles. The van der Waals surface area contributed by atoms with Gasteiger partial charge in [0.25, 0.3) is 0 Å². The predicted octanol–water partition coefficient (Wildman–Crippen LogP) is 3.18. The van der Waals surface area contributed by atoms with Gasteiger partial charge in [0.15, 0.2) is 0 Å². The summed E-state index contributed by atoms with van der Waals surface area (Å²) in [6.07, 6.45) is 1.69. The van der Waals surface area contributed by atoms with E-state index < -0.39 is 12.1 Å². The van der Waals surface area contributed by atoms with Gasteiger partial charge in [0, 0.05) is 33.1 Å². The molecule has 0 fully saturated rings. The number of hydrogen-bond acceptors (Lipinski definition) is 5. The van der Waals surface area contributed by atoms with Gasteiger partial charge in [0.2, 0.25) is 5.91 Å². The van der Waals surface area contributed by atoms with Crippen molar-refractivity contribution >= 4 is 18.0 Å². The number of hydrogen-bond donors (Lipinski definition) is 0. The molecule has 7 heteroatoms. The van der Waals surface area contributed by atoms with Crippen LogP contribution in [0.25, 0.3) is 0 Å². The largest absolute Gasteiger partial charge is 0.452 e. The van der Waals surface area contributed by atoms with Crippen molar-refractivity contribution in [1.29, 1.82) is 0 Å². The number of rotatable bonds is 9. The van der Waals surface area contributed by atoms with E-state index in [4.69, 9.17) is 0 Å². The highest BCUT2D eigenvalue weighted by molar-refractivity contribution is 5.76. The average molecular weight is 378 g/mol. The van der Waals surface area contributed by atoms with Gasteiger partial charge in [-0.2, -0.15) is 0 Å². The molecule has 7 nitrogen and oxygen atoms in total. The first-order chi connectivity index (χ1) is 12.8. The fourth-order valence-corrected chi connectivity index (χ4v) is 2.26. The molecule has 1 aromatic carbocycles. The molecule has 0 radical (unpaired) electrons. The summed E-state index contributed by atoms with van der Waals surface area (Å²) in [4.78, 5) is 47.4. The number of aryl methyl sites for hydroxylation is 1. The Morgan fingerprint density at radius 2 is 1.63 bits per heavy atom. The summed E-state index contributed by atoms with van der Waals surface area (Å²) in [5.41, 5.74) is 1.01. The van der Waals surface area contributed by atoms with E-state index in [-0.39, 0.29) is 18.4 Å². The van der Waals surface area contributed by atoms with Crippen LogP contribution in [-0.4, -0.2) is 54.5 Å². The quantitative estimate of drug-likeness (QED) is 0.375. The average Bonchev–Trinajstić information content (AvgIpc) is 2.67. The molecule has 0 aromatic heterocycles. The highest BCUT2D eigenvalue weighted by Gasteiger charge is 2.15. The molecular weight excluding hydrogens is 348 g/mol. The van der Waals surface area contributed by atoms with Crippen LogP contribution in [0.5, 0.6) is 0 Å². The fourth-order valence-electron chi connectivity index (χ4n) is 2.26. The summed E-state index contributed by atoms with van der Waals surface area (Å²) in [5.74, 6) is -0.509. The number of amides is 2. The number of carbonyl (C=O) groups excluding carboxylic acids is 3. The lowest BCUT2D eigenvalue weighted by Crippen LogP contribution is -2.33. The van der Waals surface area contributed by atoms with Crippen LogP contribution in [-0.2, 0) is 25.8 Å². The molecule has 0 aliphatic heterocycles. The van der Waals surface area contributed by atoms with Crippen molar-refractivity contribution in [3.63, 3.8) is 0 Å². The maximum absolute atomic E-state index is 11.9. The third-order valence-electron chi connectivity index (χ3n) is 4.28. The van der Waals surface area contributed by atoms with Crippen LogP contribution in [0, 0.1) is 0 Å². The Kier molecular flexibility index (Phi) is 9.93. The van der Waals surface area contributed by atoms with Gasteiger partial charge < -0.3 is 9.80 Å². The van der Waals surface area contributed by atoms with Crippen LogP contribution in [0.4, 0.5) is 4.79 Å². The zero-order valence-electron chi connectivity index (χ0n) is 16.6. The Balaban J connectivity index is 2.16. The highest BCUT2D eigenvalue weighted by atomic mass is 17.2. The van der Waals surface area contributed by atoms with Gasteiger partial charge >= 0.3 is 12.1 Å². The summed E-state index contributed by atoms with van der Waals surface area (Å²) in [5, 5.41) is 0. The molecular formula is C20H30N2O5. The van der Waals surface area contributed by atoms with Crippen molar-refractivity contribution in [2.75, 3.05) is 20.6 Å². The summed E-state index contributed by atoms with van der Waals surface area (Å²) in [7, 11) is 3.34. The van der Waals surface area contributed by atoms with Crippen molar-refractivity contribution in [1.82, 2.24) is 9.80 Å². The first-order valence-corrected chi connectivity index (χ1v) is 9.23. The standard InChI is InChI=1S/C20H30N2O5/c1-16(2)22(4)18(23)12-8-9-15-21(3)20(25)27-26-19(24)14-13-17-10-6-5-7-11-17/h5-7,10-11,16H,8-9,12-15H2,1-4H3.